The van der Waals surface area contributed by atoms with Gasteiger partial charge >= 0.3 is 5.97 Å². The number of rotatable bonds is 7. The molecule has 3 aromatic carbocycles. The molecular weight excluding hydrogens is 538 g/mol. The van der Waals surface area contributed by atoms with Crippen molar-refractivity contribution in [3.05, 3.63) is 91.9 Å². The fourth-order valence-electron chi connectivity index (χ4n) is 2.77. The molecule has 1 amide bonds. The van der Waals surface area contributed by atoms with Crippen molar-refractivity contribution in [1.82, 2.24) is 5.43 Å². The van der Waals surface area contributed by atoms with E-state index in [9.17, 15) is 9.59 Å². The number of nitrogens with zero attached hydrogens (tertiary/aromatic N) is 1. The van der Waals surface area contributed by atoms with Gasteiger partial charge in [0.05, 0.1) is 22.8 Å². The zero-order valence-corrected chi connectivity index (χ0v) is 20.7. The minimum atomic E-state index is -0.488. The molecule has 32 heavy (non-hydrogen) atoms. The maximum absolute atomic E-state index is 12.6. The summed E-state index contributed by atoms with van der Waals surface area (Å²) in [5.41, 5.74) is 6.37. The molecule has 0 heterocycles. The van der Waals surface area contributed by atoms with Crippen molar-refractivity contribution < 1.29 is 14.3 Å². The molecule has 0 fully saturated rings. The van der Waals surface area contributed by atoms with Crippen molar-refractivity contribution in [2.24, 2.45) is 5.10 Å². The van der Waals surface area contributed by atoms with Gasteiger partial charge in [-0.1, -0.05) is 51.3 Å². The Kier molecular flexibility index (Phi) is 8.19. The zero-order valence-electron chi connectivity index (χ0n) is 17.5. The van der Waals surface area contributed by atoms with Crippen LogP contribution < -0.4 is 15.5 Å². The van der Waals surface area contributed by atoms with Crippen molar-refractivity contribution in [3.63, 3.8) is 0 Å². The quantitative estimate of drug-likeness (QED) is 0.171. The van der Waals surface area contributed by atoms with Crippen LogP contribution in [-0.4, -0.2) is 24.6 Å². The van der Waals surface area contributed by atoms with Crippen molar-refractivity contribution in [2.75, 3.05) is 11.9 Å². The molecule has 164 valence electrons. The Morgan fingerprint density at radius 3 is 2.47 bits per heavy atom. The molecule has 0 unspecified atom stereocenters. The third-order valence-electron chi connectivity index (χ3n) is 4.38. The summed E-state index contributed by atoms with van der Waals surface area (Å²) in [5.74, 6) is -0.498. The first-order chi connectivity index (χ1) is 15.3. The fourth-order valence-corrected chi connectivity index (χ4v) is 4.11. The van der Waals surface area contributed by atoms with Gasteiger partial charge in [-0.2, -0.15) is 5.10 Å². The zero-order chi connectivity index (χ0) is 23.1. The van der Waals surface area contributed by atoms with Gasteiger partial charge in [-0.15, -0.1) is 0 Å². The first-order valence-electron chi connectivity index (χ1n) is 9.72. The Balaban J connectivity index is 1.67. The van der Waals surface area contributed by atoms with Gasteiger partial charge in [-0.05, 0) is 66.2 Å². The molecule has 2 N–H and O–H groups in total. The number of halogens is 2. The number of aryl methyl sites for hydroxylation is 2. The van der Waals surface area contributed by atoms with Gasteiger partial charge in [-0.3, -0.25) is 4.79 Å². The van der Waals surface area contributed by atoms with Gasteiger partial charge in [-0.25, -0.2) is 10.2 Å². The van der Waals surface area contributed by atoms with E-state index in [0.717, 1.165) is 21.3 Å². The van der Waals surface area contributed by atoms with Crippen molar-refractivity contribution in [2.45, 2.75) is 13.8 Å². The van der Waals surface area contributed by atoms with Crippen LogP contribution in [0.4, 0.5) is 5.69 Å². The van der Waals surface area contributed by atoms with E-state index in [1.54, 1.807) is 30.3 Å². The van der Waals surface area contributed by atoms with Crippen molar-refractivity contribution in [3.8, 4) is 5.75 Å². The van der Waals surface area contributed by atoms with Gasteiger partial charge in [0, 0.05) is 15.7 Å². The lowest BCUT2D eigenvalue weighted by atomic mass is 10.1. The van der Waals surface area contributed by atoms with Crippen LogP contribution in [0, 0.1) is 13.8 Å². The highest BCUT2D eigenvalue weighted by Gasteiger charge is 2.15. The second kappa shape index (κ2) is 11.1. The van der Waals surface area contributed by atoms with Crippen molar-refractivity contribution >= 4 is 55.6 Å². The molecule has 8 heteroatoms. The van der Waals surface area contributed by atoms with Crippen molar-refractivity contribution in [1.29, 1.82) is 0 Å². The lowest BCUT2D eigenvalue weighted by Gasteiger charge is -2.11. The van der Waals surface area contributed by atoms with E-state index in [0.29, 0.717) is 21.3 Å². The molecule has 0 spiro atoms. The molecule has 0 aromatic heterocycles. The summed E-state index contributed by atoms with van der Waals surface area (Å²) >= 11 is 6.84. The fraction of sp³-hybridized carbons (Fsp3) is 0.125. The van der Waals surface area contributed by atoms with E-state index in [1.807, 2.05) is 44.2 Å². The molecule has 0 bridgehead atoms. The summed E-state index contributed by atoms with van der Waals surface area (Å²) in [4.78, 5) is 24.7. The molecule has 0 aliphatic carbocycles. The molecule has 3 aromatic rings. The number of hydrogen-bond donors (Lipinski definition) is 2. The molecule has 0 aliphatic rings. The van der Waals surface area contributed by atoms with E-state index in [1.165, 1.54) is 6.21 Å². The average Bonchev–Trinajstić information content (AvgIpc) is 2.75. The standard InChI is InChI=1S/C24H21Br2N3O3/c1-15-6-8-20(9-7-15)27-14-22(30)29-28-13-18-11-19(25)12-21(26)23(18)32-24(31)17-5-3-4-16(2)10-17/h3-13,27H,14H2,1-2H3,(H,29,30)/b28-13-. The minimum absolute atomic E-state index is 0.0672. The van der Waals surface area contributed by atoms with Gasteiger partial charge < -0.3 is 10.1 Å². The Bertz CT molecular complexity index is 1160. The predicted molar refractivity (Wildman–Crippen MR) is 133 cm³/mol. The summed E-state index contributed by atoms with van der Waals surface area (Å²) in [6, 6.07) is 18.4. The van der Waals surface area contributed by atoms with Crippen LogP contribution in [0.3, 0.4) is 0 Å². The van der Waals surface area contributed by atoms with Crippen LogP contribution in [0.5, 0.6) is 5.75 Å². The highest BCUT2D eigenvalue weighted by Crippen LogP contribution is 2.32. The molecular formula is C24H21Br2N3O3. The predicted octanol–water partition coefficient (Wildman–Crippen LogP) is 5.61. The van der Waals surface area contributed by atoms with Crippen LogP contribution in [0.15, 0.2) is 74.7 Å². The van der Waals surface area contributed by atoms with E-state index >= 15 is 0 Å². The van der Waals surface area contributed by atoms with Crippen LogP contribution in [-0.2, 0) is 4.79 Å². The Hall–Kier alpha value is -2.97. The van der Waals surface area contributed by atoms with Gasteiger partial charge in [0.1, 0.15) is 0 Å². The van der Waals surface area contributed by atoms with Crippen LogP contribution in [0.25, 0.3) is 0 Å². The normalized spacial score (nSPS) is 10.8. The highest BCUT2D eigenvalue weighted by molar-refractivity contribution is 9.11. The second-order valence-electron chi connectivity index (χ2n) is 7.08. The maximum atomic E-state index is 12.6. The van der Waals surface area contributed by atoms with Gasteiger partial charge in [0.2, 0.25) is 0 Å². The molecule has 6 nitrogen and oxygen atoms in total. The maximum Gasteiger partial charge on any atom is 0.343 e. The summed E-state index contributed by atoms with van der Waals surface area (Å²) in [6.45, 7) is 3.97. The largest absolute Gasteiger partial charge is 0.421 e. The van der Waals surface area contributed by atoms with E-state index in [4.69, 9.17) is 4.74 Å². The highest BCUT2D eigenvalue weighted by atomic mass is 79.9. The molecule has 0 saturated heterocycles. The number of carbonyl (C=O) groups is 2. The Morgan fingerprint density at radius 1 is 1.00 bits per heavy atom. The average molecular weight is 559 g/mol. The molecule has 0 aliphatic heterocycles. The van der Waals surface area contributed by atoms with E-state index in [-0.39, 0.29) is 12.5 Å². The second-order valence-corrected chi connectivity index (χ2v) is 8.85. The molecule has 0 radical (unpaired) electrons. The lowest BCUT2D eigenvalue weighted by molar-refractivity contribution is -0.119. The number of nitrogens with one attached hydrogen (secondary N) is 2. The number of hydrazone groups is 1. The SMILES string of the molecule is Cc1ccc(NCC(=O)N/N=C\c2cc(Br)cc(Br)c2OC(=O)c2cccc(C)c2)cc1. The number of anilines is 1. The smallest absolute Gasteiger partial charge is 0.343 e. The number of amides is 1. The molecule has 3 rings (SSSR count). The van der Waals surface area contributed by atoms with Crippen LogP contribution >= 0.6 is 31.9 Å². The first kappa shape index (κ1) is 23.7. The summed E-state index contributed by atoms with van der Waals surface area (Å²) in [6.07, 6.45) is 1.43. The summed E-state index contributed by atoms with van der Waals surface area (Å²) in [5, 5.41) is 7.04. The minimum Gasteiger partial charge on any atom is -0.421 e. The topological polar surface area (TPSA) is 79.8 Å². The number of benzene rings is 3. The number of esters is 1. The molecule has 0 saturated carbocycles. The number of ether oxygens (including phenoxy) is 1. The third kappa shape index (κ3) is 6.77. The molecule has 0 atom stereocenters. The number of carbonyl (C=O) groups excluding carboxylic acids is 2. The van der Waals surface area contributed by atoms with Crippen LogP contribution in [0.1, 0.15) is 27.0 Å². The summed E-state index contributed by atoms with van der Waals surface area (Å²) in [7, 11) is 0. The van der Waals surface area contributed by atoms with E-state index < -0.39 is 5.97 Å². The third-order valence-corrected chi connectivity index (χ3v) is 5.43. The van der Waals surface area contributed by atoms with Gasteiger partial charge in [0.15, 0.2) is 5.75 Å². The number of hydrogen-bond acceptors (Lipinski definition) is 5. The Morgan fingerprint density at radius 2 is 1.75 bits per heavy atom. The lowest BCUT2D eigenvalue weighted by Crippen LogP contribution is -2.25. The van der Waals surface area contributed by atoms with Gasteiger partial charge in [0.25, 0.3) is 5.91 Å². The first-order valence-corrected chi connectivity index (χ1v) is 11.3. The Labute approximate surface area is 203 Å². The van der Waals surface area contributed by atoms with E-state index in [2.05, 4.69) is 47.7 Å². The van der Waals surface area contributed by atoms with Crippen LogP contribution in [0.2, 0.25) is 0 Å². The summed E-state index contributed by atoms with van der Waals surface area (Å²) < 4.78 is 6.95. The monoisotopic (exact) mass is 557 g/mol.